The van der Waals surface area contributed by atoms with Crippen molar-refractivity contribution in [2.24, 2.45) is 7.05 Å². The topological polar surface area (TPSA) is 52.0 Å². The highest BCUT2D eigenvalue weighted by Gasteiger charge is 2.15. The highest BCUT2D eigenvalue weighted by atomic mass is 16.5. The minimum atomic E-state index is 0.206. The average Bonchev–Trinajstić information content (AvgIpc) is 2.85. The molecule has 1 unspecified atom stereocenters. The van der Waals surface area contributed by atoms with E-state index in [0.29, 0.717) is 0 Å². The molecule has 1 heterocycles. The van der Waals surface area contributed by atoms with E-state index in [2.05, 4.69) is 34.7 Å². The van der Waals surface area contributed by atoms with Crippen LogP contribution in [-0.2, 0) is 13.5 Å². The molecule has 5 nitrogen and oxygen atoms in total. The molecule has 0 aliphatic rings. The van der Waals surface area contributed by atoms with Crippen molar-refractivity contribution in [1.29, 1.82) is 0 Å². The third-order valence-electron chi connectivity index (χ3n) is 3.13. The zero-order valence-corrected chi connectivity index (χ0v) is 11.6. The van der Waals surface area contributed by atoms with Gasteiger partial charge in [0, 0.05) is 7.05 Å². The van der Waals surface area contributed by atoms with E-state index in [1.165, 1.54) is 5.56 Å². The van der Waals surface area contributed by atoms with Crippen LogP contribution in [0.3, 0.4) is 0 Å². The number of hydrogen-bond acceptors (Lipinski definition) is 4. The molecule has 19 heavy (non-hydrogen) atoms. The summed E-state index contributed by atoms with van der Waals surface area (Å²) in [6.45, 7) is 3.00. The molecule has 0 bridgehead atoms. The fourth-order valence-electron chi connectivity index (χ4n) is 2.18. The van der Waals surface area contributed by atoms with Crippen molar-refractivity contribution in [1.82, 2.24) is 20.3 Å². The Hall–Kier alpha value is -1.88. The van der Waals surface area contributed by atoms with Gasteiger partial charge < -0.3 is 10.1 Å². The highest BCUT2D eigenvalue weighted by Crippen LogP contribution is 2.20. The van der Waals surface area contributed by atoms with Crippen LogP contribution in [0.2, 0.25) is 0 Å². The molecule has 1 aromatic heterocycles. The van der Waals surface area contributed by atoms with Gasteiger partial charge in [0.15, 0.2) is 0 Å². The molecular weight excluding hydrogens is 240 g/mol. The van der Waals surface area contributed by atoms with Crippen molar-refractivity contribution >= 4 is 0 Å². The number of rotatable bonds is 6. The van der Waals surface area contributed by atoms with Crippen molar-refractivity contribution in [2.75, 3.05) is 13.7 Å². The lowest BCUT2D eigenvalue weighted by atomic mass is 10.0. The van der Waals surface area contributed by atoms with Gasteiger partial charge in [-0.1, -0.05) is 24.3 Å². The predicted molar refractivity (Wildman–Crippen MR) is 74.1 cm³/mol. The summed E-state index contributed by atoms with van der Waals surface area (Å²) < 4.78 is 7.07. The lowest BCUT2D eigenvalue weighted by Gasteiger charge is -2.18. The van der Waals surface area contributed by atoms with Crippen LogP contribution in [0, 0.1) is 0 Å². The van der Waals surface area contributed by atoms with Crippen molar-refractivity contribution in [2.45, 2.75) is 19.4 Å². The number of benzene rings is 1. The molecule has 0 aliphatic carbocycles. The first-order chi connectivity index (χ1) is 9.24. The number of likely N-dealkylation sites (N-methyl/N-ethyl adjacent to an activating group) is 1. The first-order valence-corrected chi connectivity index (χ1v) is 6.45. The van der Waals surface area contributed by atoms with Crippen LogP contribution in [0.5, 0.6) is 5.75 Å². The summed E-state index contributed by atoms with van der Waals surface area (Å²) in [6, 6.07) is 8.35. The molecular formula is C14H20N4O. The molecule has 2 aromatic rings. The zero-order chi connectivity index (χ0) is 13.7. The van der Waals surface area contributed by atoms with Crippen LogP contribution < -0.4 is 10.1 Å². The summed E-state index contributed by atoms with van der Waals surface area (Å²) in [5.41, 5.74) is 2.32. The van der Waals surface area contributed by atoms with Gasteiger partial charge in [0.05, 0.1) is 25.0 Å². The minimum absolute atomic E-state index is 0.206. The fourth-order valence-corrected chi connectivity index (χ4v) is 2.18. The SMILES string of the molecule is CCNC(Cc1cccc(OC)c1)c1cnnn1C. The Morgan fingerprint density at radius 3 is 2.89 bits per heavy atom. The number of aromatic nitrogens is 3. The van der Waals surface area contributed by atoms with Gasteiger partial charge in [-0.25, -0.2) is 0 Å². The normalized spacial score (nSPS) is 12.4. The van der Waals surface area contributed by atoms with Gasteiger partial charge >= 0.3 is 0 Å². The van der Waals surface area contributed by atoms with E-state index in [-0.39, 0.29) is 6.04 Å². The number of hydrogen-bond donors (Lipinski definition) is 1. The Labute approximate surface area is 113 Å². The highest BCUT2D eigenvalue weighted by molar-refractivity contribution is 5.29. The van der Waals surface area contributed by atoms with Gasteiger partial charge in [0.25, 0.3) is 0 Å². The van der Waals surface area contributed by atoms with Crippen LogP contribution >= 0.6 is 0 Å². The number of aryl methyl sites for hydroxylation is 1. The smallest absolute Gasteiger partial charge is 0.119 e. The molecule has 2 rings (SSSR count). The first-order valence-electron chi connectivity index (χ1n) is 6.45. The molecule has 0 spiro atoms. The van der Waals surface area contributed by atoms with E-state index in [1.807, 2.05) is 30.1 Å². The van der Waals surface area contributed by atoms with Crippen LogP contribution in [-0.4, -0.2) is 28.6 Å². The fraction of sp³-hybridized carbons (Fsp3) is 0.429. The van der Waals surface area contributed by atoms with E-state index in [0.717, 1.165) is 24.4 Å². The van der Waals surface area contributed by atoms with Crippen LogP contribution in [0.1, 0.15) is 24.2 Å². The predicted octanol–water partition coefficient (Wildman–Crippen LogP) is 1.72. The molecule has 0 amide bonds. The van der Waals surface area contributed by atoms with Crippen LogP contribution in [0.15, 0.2) is 30.5 Å². The number of ether oxygens (including phenoxy) is 1. The van der Waals surface area contributed by atoms with Crippen LogP contribution in [0.4, 0.5) is 0 Å². The molecule has 0 fully saturated rings. The van der Waals surface area contributed by atoms with Crippen molar-refractivity contribution in [3.8, 4) is 5.75 Å². The van der Waals surface area contributed by atoms with Crippen molar-refractivity contribution in [3.63, 3.8) is 0 Å². The molecule has 0 aliphatic heterocycles. The maximum absolute atomic E-state index is 5.26. The van der Waals surface area contributed by atoms with Gasteiger partial charge in [0.1, 0.15) is 5.75 Å². The van der Waals surface area contributed by atoms with E-state index >= 15 is 0 Å². The second-order valence-electron chi connectivity index (χ2n) is 4.45. The lowest BCUT2D eigenvalue weighted by molar-refractivity contribution is 0.413. The van der Waals surface area contributed by atoms with E-state index in [1.54, 1.807) is 7.11 Å². The molecule has 0 saturated carbocycles. The third-order valence-corrected chi connectivity index (χ3v) is 3.13. The third kappa shape index (κ3) is 3.32. The zero-order valence-electron chi connectivity index (χ0n) is 11.6. The standard InChI is InChI=1S/C14H20N4O/c1-4-15-13(14-10-16-17-18(14)2)9-11-6-5-7-12(8-11)19-3/h5-8,10,13,15H,4,9H2,1-3H3. The summed E-state index contributed by atoms with van der Waals surface area (Å²) in [6.07, 6.45) is 2.69. The Morgan fingerprint density at radius 1 is 1.42 bits per heavy atom. The summed E-state index contributed by atoms with van der Waals surface area (Å²) in [5.74, 6) is 0.885. The van der Waals surface area contributed by atoms with Gasteiger partial charge in [-0.05, 0) is 30.7 Å². The summed E-state index contributed by atoms with van der Waals surface area (Å²) in [5, 5.41) is 11.4. The average molecular weight is 260 g/mol. The maximum atomic E-state index is 5.26. The molecule has 1 N–H and O–H groups in total. The largest absolute Gasteiger partial charge is 0.497 e. The molecule has 0 radical (unpaired) electrons. The summed E-state index contributed by atoms with van der Waals surface area (Å²) >= 11 is 0. The van der Waals surface area contributed by atoms with Gasteiger partial charge in [0.2, 0.25) is 0 Å². The monoisotopic (exact) mass is 260 g/mol. The molecule has 1 atom stereocenters. The second-order valence-corrected chi connectivity index (χ2v) is 4.45. The van der Waals surface area contributed by atoms with Crippen LogP contribution in [0.25, 0.3) is 0 Å². The Morgan fingerprint density at radius 2 is 2.26 bits per heavy atom. The van der Waals surface area contributed by atoms with E-state index < -0.39 is 0 Å². The van der Waals surface area contributed by atoms with E-state index in [9.17, 15) is 0 Å². The quantitative estimate of drug-likeness (QED) is 0.859. The van der Waals surface area contributed by atoms with Gasteiger partial charge in [-0.3, -0.25) is 4.68 Å². The summed E-state index contributed by atoms with van der Waals surface area (Å²) in [7, 11) is 3.60. The lowest BCUT2D eigenvalue weighted by Crippen LogP contribution is -2.25. The Bertz CT molecular complexity index is 524. The molecule has 5 heteroatoms. The number of methoxy groups -OCH3 is 1. The Balaban J connectivity index is 2.18. The summed E-state index contributed by atoms with van der Waals surface area (Å²) in [4.78, 5) is 0. The second kappa shape index (κ2) is 6.33. The molecule has 102 valence electrons. The maximum Gasteiger partial charge on any atom is 0.119 e. The van der Waals surface area contributed by atoms with Gasteiger partial charge in [-0.15, -0.1) is 5.10 Å². The molecule has 1 aromatic carbocycles. The number of nitrogens with zero attached hydrogens (tertiary/aromatic N) is 3. The molecule has 0 saturated heterocycles. The minimum Gasteiger partial charge on any atom is -0.497 e. The van der Waals surface area contributed by atoms with Crippen molar-refractivity contribution < 1.29 is 4.74 Å². The first kappa shape index (κ1) is 13.5. The van der Waals surface area contributed by atoms with Crippen molar-refractivity contribution in [3.05, 3.63) is 41.7 Å². The van der Waals surface area contributed by atoms with Gasteiger partial charge in [-0.2, -0.15) is 0 Å². The van der Waals surface area contributed by atoms with E-state index in [4.69, 9.17) is 4.74 Å². The Kier molecular flexibility index (Phi) is 4.52. The number of nitrogens with one attached hydrogen (secondary N) is 1.